The molecule has 0 bridgehead atoms. The number of nitrogens with zero attached hydrogens (tertiary/aromatic N) is 1. The van der Waals surface area contributed by atoms with E-state index >= 15 is 0 Å². The zero-order valence-electron chi connectivity index (χ0n) is 12.5. The normalized spacial score (nSPS) is 12.7. The molecule has 1 atom stereocenters. The van der Waals surface area contributed by atoms with Gasteiger partial charge in [-0.1, -0.05) is 35.9 Å². The molecule has 0 heterocycles. The Labute approximate surface area is 136 Å². The topological polar surface area (TPSA) is 59.6 Å². The molecular weight excluding hydrogens is 298 g/mol. The molecule has 0 aromatic heterocycles. The van der Waals surface area contributed by atoms with E-state index < -0.39 is 0 Å². The fourth-order valence-electron chi connectivity index (χ4n) is 1.86. The molecule has 0 fully saturated rings. The second-order valence-corrected chi connectivity index (χ2v) is 5.37. The third-order valence-corrected chi connectivity index (χ3v) is 3.17. The number of anilines is 1. The Kier molecular flexibility index (Phi) is 6.10. The molecule has 2 rings (SSSR count). The summed E-state index contributed by atoms with van der Waals surface area (Å²) in [5.74, 6) is 1.28. The van der Waals surface area contributed by atoms with Crippen LogP contribution in [0.25, 0.3) is 0 Å². The van der Waals surface area contributed by atoms with Crippen molar-refractivity contribution in [3.05, 3.63) is 59.6 Å². The van der Waals surface area contributed by atoms with Crippen molar-refractivity contribution < 1.29 is 4.74 Å². The number of benzene rings is 2. The van der Waals surface area contributed by atoms with Gasteiger partial charge < -0.3 is 15.8 Å². The third kappa shape index (κ3) is 5.66. The Morgan fingerprint density at radius 2 is 2.00 bits per heavy atom. The summed E-state index contributed by atoms with van der Waals surface area (Å²) in [5, 5.41) is 3.86. The van der Waals surface area contributed by atoms with E-state index in [1.165, 1.54) is 0 Å². The van der Waals surface area contributed by atoms with E-state index in [0.717, 1.165) is 11.4 Å². The van der Waals surface area contributed by atoms with E-state index in [1.807, 2.05) is 55.5 Å². The van der Waals surface area contributed by atoms with E-state index in [-0.39, 0.29) is 6.10 Å². The van der Waals surface area contributed by atoms with Gasteiger partial charge in [0, 0.05) is 10.7 Å². The fourth-order valence-corrected chi connectivity index (χ4v) is 2.04. The van der Waals surface area contributed by atoms with Crippen molar-refractivity contribution in [2.24, 2.45) is 10.7 Å². The lowest BCUT2D eigenvalue weighted by molar-refractivity contribution is 0.230. The van der Waals surface area contributed by atoms with Crippen LogP contribution in [0.2, 0.25) is 5.02 Å². The van der Waals surface area contributed by atoms with Gasteiger partial charge in [0.25, 0.3) is 0 Å². The third-order valence-electron chi connectivity index (χ3n) is 2.93. The number of halogens is 1. The molecule has 0 spiro atoms. The van der Waals surface area contributed by atoms with Crippen LogP contribution in [-0.4, -0.2) is 25.0 Å². The van der Waals surface area contributed by atoms with Crippen molar-refractivity contribution in [3.8, 4) is 5.75 Å². The zero-order valence-corrected chi connectivity index (χ0v) is 13.3. The van der Waals surface area contributed by atoms with Gasteiger partial charge in [0.05, 0.1) is 13.1 Å². The molecule has 2 aromatic carbocycles. The highest BCUT2D eigenvalue weighted by Gasteiger charge is 2.04. The smallest absolute Gasteiger partial charge is 0.121 e. The van der Waals surface area contributed by atoms with Gasteiger partial charge in [0.2, 0.25) is 0 Å². The first-order chi connectivity index (χ1) is 10.6. The van der Waals surface area contributed by atoms with Crippen molar-refractivity contribution in [2.75, 3.05) is 18.4 Å². The SMILES string of the molecule is CC(CN=C(N)CNc1ccccc1)Oc1cccc(Cl)c1. The lowest BCUT2D eigenvalue weighted by Gasteiger charge is -2.13. The average molecular weight is 318 g/mol. The van der Waals surface area contributed by atoms with Crippen LogP contribution in [0.4, 0.5) is 5.69 Å². The number of nitrogens with two attached hydrogens (primary N) is 1. The van der Waals surface area contributed by atoms with Gasteiger partial charge >= 0.3 is 0 Å². The predicted molar refractivity (Wildman–Crippen MR) is 93.0 cm³/mol. The van der Waals surface area contributed by atoms with E-state index in [2.05, 4.69) is 10.3 Å². The number of hydrogen-bond acceptors (Lipinski definition) is 3. The molecule has 0 amide bonds. The molecule has 0 radical (unpaired) electrons. The summed E-state index contributed by atoms with van der Waals surface area (Å²) in [6, 6.07) is 17.2. The summed E-state index contributed by atoms with van der Waals surface area (Å²) >= 11 is 5.92. The maximum atomic E-state index is 5.92. The molecule has 3 N–H and O–H groups in total. The van der Waals surface area contributed by atoms with Crippen molar-refractivity contribution in [1.82, 2.24) is 0 Å². The standard InChI is InChI=1S/C17H20ClN3O/c1-13(22-16-9-5-6-14(18)10-16)11-21-17(19)12-20-15-7-3-2-4-8-15/h2-10,13,20H,11-12H2,1H3,(H2,19,21). The summed E-state index contributed by atoms with van der Waals surface area (Å²) in [6.07, 6.45) is -0.0752. The Bertz CT molecular complexity index is 616. The zero-order chi connectivity index (χ0) is 15.8. The quantitative estimate of drug-likeness (QED) is 0.606. The summed E-state index contributed by atoms with van der Waals surface area (Å²) in [7, 11) is 0. The van der Waals surface area contributed by atoms with Gasteiger partial charge in [-0.15, -0.1) is 0 Å². The average Bonchev–Trinajstić information content (AvgIpc) is 2.52. The summed E-state index contributed by atoms with van der Waals surface area (Å²) in [5.41, 5.74) is 6.92. The van der Waals surface area contributed by atoms with Crippen molar-refractivity contribution in [1.29, 1.82) is 0 Å². The Morgan fingerprint density at radius 1 is 1.23 bits per heavy atom. The van der Waals surface area contributed by atoms with Gasteiger partial charge in [0.1, 0.15) is 17.7 Å². The molecule has 1 unspecified atom stereocenters. The van der Waals surface area contributed by atoms with Crippen LogP contribution >= 0.6 is 11.6 Å². The number of aliphatic imine (C=N–C) groups is 1. The fraction of sp³-hybridized carbons (Fsp3) is 0.235. The van der Waals surface area contributed by atoms with Gasteiger partial charge in [0.15, 0.2) is 0 Å². The minimum Gasteiger partial charge on any atom is -0.489 e. The van der Waals surface area contributed by atoms with Crippen molar-refractivity contribution in [2.45, 2.75) is 13.0 Å². The lowest BCUT2D eigenvalue weighted by atomic mass is 10.3. The minimum atomic E-state index is -0.0752. The monoisotopic (exact) mass is 317 g/mol. The van der Waals surface area contributed by atoms with Gasteiger partial charge in [-0.05, 0) is 37.3 Å². The number of ether oxygens (including phenoxy) is 1. The summed E-state index contributed by atoms with van der Waals surface area (Å²) in [4.78, 5) is 4.33. The lowest BCUT2D eigenvalue weighted by Crippen LogP contribution is -2.25. The van der Waals surface area contributed by atoms with Crippen LogP contribution in [0.1, 0.15) is 6.92 Å². The highest BCUT2D eigenvalue weighted by molar-refractivity contribution is 6.30. The summed E-state index contributed by atoms with van der Waals surface area (Å²) in [6.45, 7) is 2.95. The van der Waals surface area contributed by atoms with Crippen LogP contribution < -0.4 is 15.8 Å². The second kappa shape index (κ2) is 8.29. The Hall–Kier alpha value is -2.20. The first-order valence-electron chi connectivity index (χ1n) is 7.13. The maximum Gasteiger partial charge on any atom is 0.121 e. The maximum absolute atomic E-state index is 5.92. The molecule has 0 aliphatic heterocycles. The molecular formula is C17H20ClN3O. The molecule has 0 saturated heterocycles. The van der Waals surface area contributed by atoms with Crippen LogP contribution in [0.15, 0.2) is 59.6 Å². The van der Waals surface area contributed by atoms with Gasteiger partial charge in [-0.25, -0.2) is 0 Å². The second-order valence-electron chi connectivity index (χ2n) is 4.94. The molecule has 5 heteroatoms. The molecule has 2 aromatic rings. The molecule has 0 aliphatic rings. The number of para-hydroxylation sites is 1. The molecule has 0 aliphatic carbocycles. The van der Waals surface area contributed by atoms with Crippen LogP contribution in [-0.2, 0) is 0 Å². The number of hydrogen-bond donors (Lipinski definition) is 2. The molecule has 116 valence electrons. The largest absolute Gasteiger partial charge is 0.489 e. The molecule has 4 nitrogen and oxygen atoms in total. The summed E-state index contributed by atoms with van der Waals surface area (Å²) < 4.78 is 5.74. The van der Waals surface area contributed by atoms with Crippen molar-refractivity contribution in [3.63, 3.8) is 0 Å². The first-order valence-corrected chi connectivity index (χ1v) is 7.51. The number of rotatable bonds is 7. The molecule has 22 heavy (non-hydrogen) atoms. The molecule has 0 saturated carbocycles. The van der Waals surface area contributed by atoms with E-state index in [9.17, 15) is 0 Å². The Morgan fingerprint density at radius 3 is 2.73 bits per heavy atom. The predicted octanol–water partition coefficient (Wildman–Crippen LogP) is 3.58. The van der Waals surface area contributed by atoms with E-state index in [1.54, 1.807) is 6.07 Å². The van der Waals surface area contributed by atoms with Crippen molar-refractivity contribution >= 4 is 23.1 Å². The minimum absolute atomic E-state index is 0.0752. The Balaban J connectivity index is 1.77. The van der Waals surface area contributed by atoms with Crippen LogP contribution in [0.5, 0.6) is 5.75 Å². The number of amidine groups is 1. The highest BCUT2D eigenvalue weighted by atomic mass is 35.5. The van der Waals surface area contributed by atoms with E-state index in [0.29, 0.717) is 23.9 Å². The van der Waals surface area contributed by atoms with Gasteiger partial charge in [-0.2, -0.15) is 0 Å². The van der Waals surface area contributed by atoms with Crippen LogP contribution in [0, 0.1) is 0 Å². The number of nitrogens with one attached hydrogen (secondary N) is 1. The highest BCUT2D eigenvalue weighted by Crippen LogP contribution is 2.18. The van der Waals surface area contributed by atoms with Crippen LogP contribution in [0.3, 0.4) is 0 Å². The first kappa shape index (κ1) is 16.2. The van der Waals surface area contributed by atoms with E-state index in [4.69, 9.17) is 22.1 Å². The van der Waals surface area contributed by atoms with Gasteiger partial charge in [-0.3, -0.25) is 4.99 Å².